The predicted octanol–water partition coefficient (Wildman–Crippen LogP) is -0.143. The lowest BCUT2D eigenvalue weighted by molar-refractivity contribution is 0.0550. The summed E-state index contributed by atoms with van der Waals surface area (Å²) in [6, 6.07) is 0.243. The second-order valence-electron chi connectivity index (χ2n) is 5.24. The van der Waals surface area contributed by atoms with Crippen molar-refractivity contribution in [1.82, 2.24) is 10.2 Å². The van der Waals surface area contributed by atoms with Crippen LogP contribution < -0.4 is 5.32 Å². The number of nitrogens with zero attached hydrogens (tertiary/aromatic N) is 1. The zero-order valence-corrected chi connectivity index (χ0v) is 10.3. The number of hydrogen-bond donors (Lipinski definition) is 1. The van der Waals surface area contributed by atoms with Crippen molar-refractivity contribution in [3.8, 4) is 0 Å². The molecule has 0 aromatic heterocycles. The number of piperazine rings is 1. The highest BCUT2D eigenvalue weighted by atomic mass is 32.2. The van der Waals surface area contributed by atoms with Gasteiger partial charge in [-0.2, -0.15) is 0 Å². The van der Waals surface area contributed by atoms with Crippen LogP contribution in [0.25, 0.3) is 0 Å². The zero-order chi connectivity index (χ0) is 11.1. The third-order valence-electron chi connectivity index (χ3n) is 3.51. The van der Waals surface area contributed by atoms with E-state index in [1.165, 1.54) is 0 Å². The molecule has 2 aliphatic heterocycles. The molecule has 0 amide bonds. The van der Waals surface area contributed by atoms with Crippen LogP contribution in [0.4, 0.5) is 0 Å². The van der Waals surface area contributed by atoms with E-state index in [1.807, 2.05) is 0 Å². The second-order valence-corrected chi connectivity index (χ2v) is 7.47. The molecule has 4 nitrogen and oxygen atoms in total. The summed E-state index contributed by atoms with van der Waals surface area (Å²) < 4.78 is 22.9. The summed E-state index contributed by atoms with van der Waals surface area (Å²) >= 11 is 0. The van der Waals surface area contributed by atoms with Crippen LogP contribution in [0, 0.1) is 0 Å². The fourth-order valence-corrected chi connectivity index (χ4v) is 4.43. The van der Waals surface area contributed by atoms with E-state index in [1.54, 1.807) is 0 Å². The zero-order valence-electron chi connectivity index (χ0n) is 9.49. The predicted molar refractivity (Wildman–Crippen MR) is 60.7 cm³/mol. The largest absolute Gasteiger partial charge is 0.314 e. The van der Waals surface area contributed by atoms with Gasteiger partial charge in [0.25, 0.3) is 0 Å². The Hall–Kier alpha value is -0.130. The summed E-state index contributed by atoms with van der Waals surface area (Å²) in [5.74, 6) is 0.730. The molecule has 15 heavy (non-hydrogen) atoms. The van der Waals surface area contributed by atoms with Crippen molar-refractivity contribution in [2.75, 3.05) is 31.1 Å². The summed E-state index contributed by atoms with van der Waals surface area (Å²) in [7, 11) is -2.76. The van der Waals surface area contributed by atoms with Gasteiger partial charge in [0.05, 0.1) is 11.5 Å². The summed E-state index contributed by atoms with van der Waals surface area (Å²) in [5.41, 5.74) is 0.0861. The summed E-state index contributed by atoms with van der Waals surface area (Å²) in [6.07, 6.45) is 0.811. The number of rotatable bonds is 1. The molecule has 0 aromatic carbocycles. The van der Waals surface area contributed by atoms with Gasteiger partial charge in [-0.25, -0.2) is 8.42 Å². The second kappa shape index (κ2) is 3.71. The van der Waals surface area contributed by atoms with Gasteiger partial charge in [0.2, 0.25) is 0 Å². The maximum Gasteiger partial charge on any atom is 0.151 e. The minimum Gasteiger partial charge on any atom is -0.314 e. The van der Waals surface area contributed by atoms with Gasteiger partial charge in [0, 0.05) is 31.2 Å². The fourth-order valence-electron chi connectivity index (χ4n) is 2.70. The number of hydrogen-bond acceptors (Lipinski definition) is 4. The van der Waals surface area contributed by atoms with Crippen molar-refractivity contribution in [1.29, 1.82) is 0 Å². The molecule has 2 fully saturated rings. The Morgan fingerprint density at radius 1 is 1.40 bits per heavy atom. The first-order chi connectivity index (χ1) is 6.91. The van der Waals surface area contributed by atoms with Crippen molar-refractivity contribution < 1.29 is 8.42 Å². The minimum atomic E-state index is -2.76. The van der Waals surface area contributed by atoms with E-state index in [0.29, 0.717) is 11.5 Å². The van der Waals surface area contributed by atoms with E-state index in [0.717, 1.165) is 26.1 Å². The van der Waals surface area contributed by atoms with Crippen LogP contribution in [0.5, 0.6) is 0 Å². The smallest absolute Gasteiger partial charge is 0.151 e. The first-order valence-electron chi connectivity index (χ1n) is 5.59. The molecule has 0 bridgehead atoms. The highest BCUT2D eigenvalue weighted by molar-refractivity contribution is 7.91. The molecule has 0 saturated carbocycles. The molecule has 2 rings (SSSR count). The van der Waals surface area contributed by atoms with Crippen molar-refractivity contribution >= 4 is 9.84 Å². The maximum atomic E-state index is 11.5. The van der Waals surface area contributed by atoms with Gasteiger partial charge in [-0.15, -0.1) is 0 Å². The average molecular weight is 232 g/mol. The van der Waals surface area contributed by atoms with Crippen LogP contribution in [-0.4, -0.2) is 56.0 Å². The standard InChI is InChI=1S/C10H20N2O2S/c1-10(2)8-11-4-5-12(10)9-3-6-15(13,14)7-9/h9,11H,3-8H2,1-2H3. The van der Waals surface area contributed by atoms with Crippen LogP contribution in [0.15, 0.2) is 0 Å². The van der Waals surface area contributed by atoms with Crippen molar-refractivity contribution in [3.05, 3.63) is 0 Å². The monoisotopic (exact) mass is 232 g/mol. The molecule has 1 atom stereocenters. The van der Waals surface area contributed by atoms with Crippen molar-refractivity contribution in [2.45, 2.75) is 31.8 Å². The van der Waals surface area contributed by atoms with Gasteiger partial charge in [-0.05, 0) is 20.3 Å². The van der Waals surface area contributed by atoms with Crippen LogP contribution >= 0.6 is 0 Å². The maximum absolute atomic E-state index is 11.5. The van der Waals surface area contributed by atoms with E-state index in [-0.39, 0.29) is 11.6 Å². The molecule has 5 heteroatoms. The van der Waals surface area contributed by atoms with Crippen LogP contribution in [0.2, 0.25) is 0 Å². The number of sulfone groups is 1. The van der Waals surface area contributed by atoms with Gasteiger partial charge in [0.15, 0.2) is 9.84 Å². The Balaban J connectivity index is 2.10. The third-order valence-corrected chi connectivity index (χ3v) is 5.26. The molecular formula is C10H20N2O2S. The average Bonchev–Trinajstić information content (AvgIpc) is 2.45. The fraction of sp³-hybridized carbons (Fsp3) is 1.00. The first kappa shape index (κ1) is 11.4. The molecule has 0 aromatic rings. The third kappa shape index (κ3) is 2.34. The van der Waals surface area contributed by atoms with E-state index in [2.05, 4.69) is 24.1 Å². The quantitative estimate of drug-likeness (QED) is 0.683. The molecule has 2 aliphatic rings. The lowest BCUT2D eigenvalue weighted by Crippen LogP contribution is -2.61. The van der Waals surface area contributed by atoms with Gasteiger partial charge >= 0.3 is 0 Å². The Bertz CT molecular complexity index is 337. The molecular weight excluding hydrogens is 212 g/mol. The van der Waals surface area contributed by atoms with E-state index in [4.69, 9.17) is 0 Å². The van der Waals surface area contributed by atoms with E-state index in [9.17, 15) is 8.42 Å². The molecule has 88 valence electrons. The Morgan fingerprint density at radius 3 is 2.67 bits per heavy atom. The summed E-state index contributed by atoms with van der Waals surface area (Å²) in [6.45, 7) is 7.25. The van der Waals surface area contributed by atoms with Gasteiger partial charge < -0.3 is 5.32 Å². The molecule has 0 aliphatic carbocycles. The van der Waals surface area contributed by atoms with Crippen LogP contribution in [-0.2, 0) is 9.84 Å². The Morgan fingerprint density at radius 2 is 2.13 bits per heavy atom. The molecule has 0 spiro atoms. The van der Waals surface area contributed by atoms with Crippen molar-refractivity contribution in [2.24, 2.45) is 0 Å². The molecule has 2 saturated heterocycles. The minimum absolute atomic E-state index is 0.0861. The molecule has 2 heterocycles. The van der Waals surface area contributed by atoms with E-state index >= 15 is 0 Å². The van der Waals surface area contributed by atoms with Gasteiger partial charge in [-0.1, -0.05) is 0 Å². The SMILES string of the molecule is CC1(C)CNCCN1C1CCS(=O)(=O)C1. The lowest BCUT2D eigenvalue weighted by Gasteiger charge is -2.46. The molecule has 1 unspecified atom stereocenters. The van der Waals surface area contributed by atoms with Crippen LogP contribution in [0.1, 0.15) is 20.3 Å². The molecule has 0 radical (unpaired) electrons. The van der Waals surface area contributed by atoms with Crippen LogP contribution in [0.3, 0.4) is 0 Å². The Labute approximate surface area is 91.9 Å². The summed E-state index contributed by atoms with van der Waals surface area (Å²) in [4.78, 5) is 2.37. The van der Waals surface area contributed by atoms with Crippen molar-refractivity contribution in [3.63, 3.8) is 0 Å². The normalized spacial score (nSPS) is 35.5. The van der Waals surface area contributed by atoms with Gasteiger partial charge in [0.1, 0.15) is 0 Å². The Kier molecular flexibility index (Phi) is 2.81. The number of nitrogens with one attached hydrogen (secondary N) is 1. The topological polar surface area (TPSA) is 49.4 Å². The molecule has 1 N–H and O–H groups in total. The first-order valence-corrected chi connectivity index (χ1v) is 7.41. The summed E-state index contributed by atoms with van der Waals surface area (Å²) in [5, 5.41) is 3.36. The lowest BCUT2D eigenvalue weighted by atomic mass is 9.97. The highest BCUT2D eigenvalue weighted by Gasteiger charge is 2.39. The van der Waals surface area contributed by atoms with Gasteiger partial charge in [-0.3, -0.25) is 4.90 Å². The highest BCUT2D eigenvalue weighted by Crippen LogP contribution is 2.26. The van der Waals surface area contributed by atoms with E-state index < -0.39 is 9.84 Å².